The van der Waals surface area contributed by atoms with Crippen LogP contribution in [0.5, 0.6) is 0 Å². The van der Waals surface area contributed by atoms with Gasteiger partial charge in [0.15, 0.2) is 0 Å². The van der Waals surface area contributed by atoms with Crippen LogP contribution in [0, 0.1) is 5.82 Å². The van der Waals surface area contributed by atoms with Gasteiger partial charge in [-0.05, 0) is 39.0 Å². The van der Waals surface area contributed by atoms with Crippen molar-refractivity contribution in [2.45, 2.75) is 26.4 Å². The third-order valence-electron chi connectivity index (χ3n) is 3.51. The number of rotatable bonds is 3. The minimum atomic E-state index is -0.330. The molecule has 0 aliphatic carbocycles. The Morgan fingerprint density at radius 3 is 2.45 bits per heavy atom. The Hall–Kier alpha value is -1.33. The predicted octanol–water partition coefficient (Wildman–Crippen LogP) is 2.94. The van der Waals surface area contributed by atoms with Crippen molar-refractivity contribution in [3.63, 3.8) is 0 Å². The van der Waals surface area contributed by atoms with E-state index in [0.717, 1.165) is 0 Å². The first-order chi connectivity index (χ1) is 10.3. The van der Waals surface area contributed by atoms with Crippen molar-refractivity contribution in [2.75, 3.05) is 37.7 Å². The number of carbonyl (C=O) groups is 1. The molecule has 122 valence electrons. The second kappa shape index (κ2) is 6.84. The van der Waals surface area contributed by atoms with Gasteiger partial charge >= 0.3 is 0 Å². The molecular weight excluding hydrogens is 307 g/mol. The van der Waals surface area contributed by atoms with Crippen LogP contribution in [0.15, 0.2) is 18.2 Å². The monoisotopic (exact) mass is 328 g/mol. The minimum Gasteiger partial charge on any atom is -0.366 e. The van der Waals surface area contributed by atoms with E-state index in [4.69, 9.17) is 16.3 Å². The highest BCUT2D eigenvalue weighted by Crippen LogP contribution is 2.24. The van der Waals surface area contributed by atoms with Gasteiger partial charge in [0.1, 0.15) is 12.4 Å². The molecule has 0 N–H and O–H groups in total. The lowest BCUT2D eigenvalue weighted by Crippen LogP contribution is -2.50. The van der Waals surface area contributed by atoms with Crippen LogP contribution in [-0.2, 0) is 9.53 Å². The van der Waals surface area contributed by atoms with E-state index in [0.29, 0.717) is 36.9 Å². The molecule has 6 heteroatoms. The number of amides is 1. The Morgan fingerprint density at radius 1 is 1.27 bits per heavy atom. The Labute approximate surface area is 135 Å². The highest BCUT2D eigenvalue weighted by atomic mass is 35.5. The van der Waals surface area contributed by atoms with Gasteiger partial charge in [-0.2, -0.15) is 0 Å². The molecular formula is C16H22ClFN2O2. The summed E-state index contributed by atoms with van der Waals surface area (Å²) in [6, 6.07) is 4.66. The summed E-state index contributed by atoms with van der Waals surface area (Å²) in [7, 11) is 0. The van der Waals surface area contributed by atoms with Crippen LogP contribution >= 0.6 is 11.6 Å². The number of hydrogen-bond acceptors (Lipinski definition) is 3. The standard InChI is InChI=1S/C16H22ClFN2O2/c1-16(2,3)22-11-15(21)20-8-6-19(7-9-20)14-5-4-12(17)10-13(14)18/h4-5,10H,6-9,11H2,1-3H3. The van der Waals surface area contributed by atoms with Crippen molar-refractivity contribution in [1.82, 2.24) is 4.90 Å². The maximum Gasteiger partial charge on any atom is 0.248 e. The molecule has 1 fully saturated rings. The van der Waals surface area contributed by atoms with E-state index in [1.165, 1.54) is 6.07 Å². The molecule has 1 saturated heterocycles. The first-order valence-corrected chi connectivity index (χ1v) is 7.76. The molecule has 1 aromatic carbocycles. The van der Waals surface area contributed by atoms with E-state index in [1.54, 1.807) is 17.0 Å². The normalized spacial score (nSPS) is 16.0. The lowest BCUT2D eigenvalue weighted by molar-refractivity contribution is -0.141. The van der Waals surface area contributed by atoms with Crippen LogP contribution in [0.4, 0.5) is 10.1 Å². The number of carbonyl (C=O) groups excluding carboxylic acids is 1. The molecule has 0 atom stereocenters. The van der Waals surface area contributed by atoms with Gasteiger partial charge < -0.3 is 14.5 Å². The van der Waals surface area contributed by atoms with Crippen LogP contribution in [0.3, 0.4) is 0 Å². The Kier molecular flexibility index (Phi) is 5.29. The average Bonchev–Trinajstić information content (AvgIpc) is 2.44. The first kappa shape index (κ1) is 17.0. The number of anilines is 1. The molecule has 0 radical (unpaired) electrons. The van der Waals surface area contributed by atoms with Crippen LogP contribution in [0.25, 0.3) is 0 Å². The quantitative estimate of drug-likeness (QED) is 0.855. The van der Waals surface area contributed by atoms with Crippen molar-refractivity contribution < 1.29 is 13.9 Å². The van der Waals surface area contributed by atoms with Crippen molar-refractivity contribution in [2.24, 2.45) is 0 Å². The van der Waals surface area contributed by atoms with E-state index in [2.05, 4.69) is 0 Å². The van der Waals surface area contributed by atoms with Crippen LogP contribution in [0.1, 0.15) is 20.8 Å². The lowest BCUT2D eigenvalue weighted by atomic mass is 10.2. The van der Waals surface area contributed by atoms with E-state index >= 15 is 0 Å². The van der Waals surface area contributed by atoms with Gasteiger partial charge in [0, 0.05) is 31.2 Å². The SMILES string of the molecule is CC(C)(C)OCC(=O)N1CCN(c2ccc(Cl)cc2F)CC1. The second-order valence-electron chi connectivity index (χ2n) is 6.36. The van der Waals surface area contributed by atoms with Gasteiger partial charge in [-0.25, -0.2) is 4.39 Å². The molecule has 0 bridgehead atoms. The summed E-state index contributed by atoms with van der Waals surface area (Å²) < 4.78 is 19.4. The molecule has 1 aliphatic heterocycles. The zero-order chi connectivity index (χ0) is 16.3. The summed E-state index contributed by atoms with van der Waals surface area (Å²) in [4.78, 5) is 15.8. The fourth-order valence-corrected chi connectivity index (χ4v) is 2.46. The molecule has 0 unspecified atom stereocenters. The average molecular weight is 329 g/mol. The number of benzene rings is 1. The van der Waals surface area contributed by atoms with Crippen molar-refractivity contribution >= 4 is 23.2 Å². The molecule has 2 rings (SSSR count). The van der Waals surface area contributed by atoms with Crippen LogP contribution < -0.4 is 4.90 Å². The first-order valence-electron chi connectivity index (χ1n) is 7.38. The number of ether oxygens (including phenoxy) is 1. The summed E-state index contributed by atoms with van der Waals surface area (Å²) in [5.41, 5.74) is 0.201. The van der Waals surface area contributed by atoms with Gasteiger partial charge in [-0.15, -0.1) is 0 Å². The Balaban J connectivity index is 1.89. The number of nitrogens with zero attached hydrogens (tertiary/aromatic N) is 2. The largest absolute Gasteiger partial charge is 0.366 e. The molecule has 1 amide bonds. The molecule has 0 aromatic heterocycles. The Morgan fingerprint density at radius 2 is 1.91 bits per heavy atom. The van der Waals surface area contributed by atoms with Crippen molar-refractivity contribution in [3.8, 4) is 0 Å². The molecule has 22 heavy (non-hydrogen) atoms. The van der Waals surface area contributed by atoms with Crippen molar-refractivity contribution in [1.29, 1.82) is 0 Å². The molecule has 1 aromatic rings. The van der Waals surface area contributed by atoms with Gasteiger partial charge in [-0.1, -0.05) is 11.6 Å². The van der Waals surface area contributed by atoms with Gasteiger partial charge in [0.2, 0.25) is 5.91 Å². The van der Waals surface area contributed by atoms with Crippen LogP contribution in [-0.4, -0.2) is 49.2 Å². The van der Waals surface area contributed by atoms with Gasteiger partial charge in [0.05, 0.1) is 11.3 Å². The second-order valence-corrected chi connectivity index (χ2v) is 6.80. The summed E-state index contributed by atoms with van der Waals surface area (Å²) in [6.45, 7) is 8.16. The molecule has 4 nitrogen and oxygen atoms in total. The lowest BCUT2D eigenvalue weighted by Gasteiger charge is -2.36. The predicted molar refractivity (Wildman–Crippen MR) is 85.9 cm³/mol. The van der Waals surface area contributed by atoms with E-state index in [9.17, 15) is 9.18 Å². The fraction of sp³-hybridized carbons (Fsp3) is 0.562. The molecule has 0 spiro atoms. The molecule has 1 aliphatic rings. The third kappa shape index (κ3) is 4.58. The topological polar surface area (TPSA) is 32.8 Å². The summed E-state index contributed by atoms with van der Waals surface area (Å²) in [5, 5.41) is 0.384. The smallest absolute Gasteiger partial charge is 0.248 e. The van der Waals surface area contributed by atoms with E-state index in [1.807, 2.05) is 25.7 Å². The third-order valence-corrected chi connectivity index (χ3v) is 3.75. The summed E-state index contributed by atoms with van der Waals surface area (Å²) in [6.07, 6.45) is 0. The van der Waals surface area contributed by atoms with Gasteiger partial charge in [0.25, 0.3) is 0 Å². The number of piperazine rings is 1. The van der Waals surface area contributed by atoms with E-state index in [-0.39, 0.29) is 23.9 Å². The molecule has 1 heterocycles. The zero-order valence-corrected chi connectivity index (χ0v) is 14.0. The maximum absolute atomic E-state index is 13.9. The zero-order valence-electron chi connectivity index (χ0n) is 13.2. The fourth-order valence-electron chi connectivity index (χ4n) is 2.30. The Bertz CT molecular complexity index is 537. The highest BCUT2D eigenvalue weighted by molar-refractivity contribution is 6.30. The summed E-state index contributed by atoms with van der Waals surface area (Å²) >= 11 is 5.77. The van der Waals surface area contributed by atoms with Gasteiger partial charge in [-0.3, -0.25) is 4.79 Å². The number of hydrogen-bond donors (Lipinski definition) is 0. The minimum absolute atomic E-state index is 0.0221. The van der Waals surface area contributed by atoms with E-state index < -0.39 is 0 Å². The van der Waals surface area contributed by atoms with Crippen LogP contribution in [0.2, 0.25) is 5.02 Å². The maximum atomic E-state index is 13.9. The van der Waals surface area contributed by atoms with Crippen molar-refractivity contribution in [3.05, 3.63) is 29.0 Å². The summed E-state index contributed by atoms with van der Waals surface area (Å²) in [5.74, 6) is -0.352. The number of halogens is 2. The highest BCUT2D eigenvalue weighted by Gasteiger charge is 2.24. The molecule has 0 saturated carbocycles.